The van der Waals surface area contributed by atoms with Crippen molar-refractivity contribution in [3.05, 3.63) is 77.4 Å². The highest BCUT2D eigenvalue weighted by Gasteiger charge is 2.32. The molecule has 1 atom stereocenters. The largest absolute Gasteiger partial charge is 0.338 e. The van der Waals surface area contributed by atoms with Crippen molar-refractivity contribution in [1.29, 1.82) is 0 Å². The first kappa shape index (κ1) is 18.4. The summed E-state index contributed by atoms with van der Waals surface area (Å²) in [5.41, 5.74) is 2.38. The standard InChI is InChI=1S/C21H23NO3S/c1-17(16-18-8-4-2-5-9-18)21(23)22-13-12-20(26(24,25)15-14-22)19-10-6-3-7-11-19/h2-11,16,20H,12-15H2,1H3/b17-16+. The Kier molecular flexibility index (Phi) is 5.57. The van der Waals surface area contributed by atoms with Gasteiger partial charge in [0.15, 0.2) is 9.84 Å². The van der Waals surface area contributed by atoms with Gasteiger partial charge < -0.3 is 4.90 Å². The van der Waals surface area contributed by atoms with Crippen molar-refractivity contribution >= 4 is 21.8 Å². The Bertz CT molecular complexity index is 889. The molecule has 1 unspecified atom stereocenters. The quantitative estimate of drug-likeness (QED) is 0.779. The highest BCUT2D eigenvalue weighted by molar-refractivity contribution is 7.91. The molecule has 2 aromatic rings. The Hall–Kier alpha value is -2.40. The molecule has 1 amide bonds. The molecule has 3 rings (SSSR count). The van der Waals surface area contributed by atoms with Gasteiger partial charge in [-0.25, -0.2) is 8.42 Å². The summed E-state index contributed by atoms with van der Waals surface area (Å²) in [7, 11) is -3.28. The van der Waals surface area contributed by atoms with Gasteiger partial charge in [-0.2, -0.15) is 0 Å². The molecule has 26 heavy (non-hydrogen) atoms. The second kappa shape index (κ2) is 7.87. The lowest BCUT2D eigenvalue weighted by atomic mass is 10.1. The number of rotatable bonds is 3. The van der Waals surface area contributed by atoms with Crippen LogP contribution in [-0.2, 0) is 14.6 Å². The molecule has 1 saturated heterocycles. The van der Waals surface area contributed by atoms with Crippen molar-refractivity contribution in [2.45, 2.75) is 18.6 Å². The molecule has 0 saturated carbocycles. The number of carbonyl (C=O) groups excluding carboxylic acids is 1. The summed E-state index contributed by atoms with van der Waals surface area (Å²) < 4.78 is 25.4. The Labute approximate surface area is 155 Å². The van der Waals surface area contributed by atoms with E-state index in [1.165, 1.54) is 0 Å². The Morgan fingerprint density at radius 3 is 2.27 bits per heavy atom. The van der Waals surface area contributed by atoms with Crippen LogP contribution in [0, 0.1) is 0 Å². The van der Waals surface area contributed by atoms with Crippen molar-refractivity contribution in [1.82, 2.24) is 4.90 Å². The van der Waals surface area contributed by atoms with Gasteiger partial charge in [-0.3, -0.25) is 4.79 Å². The molecule has 0 radical (unpaired) electrons. The van der Waals surface area contributed by atoms with Gasteiger partial charge in [-0.05, 0) is 30.5 Å². The topological polar surface area (TPSA) is 54.5 Å². The first-order valence-electron chi connectivity index (χ1n) is 8.76. The molecular weight excluding hydrogens is 346 g/mol. The van der Waals surface area contributed by atoms with Gasteiger partial charge in [0.2, 0.25) is 5.91 Å². The van der Waals surface area contributed by atoms with Gasteiger partial charge in [0.25, 0.3) is 0 Å². The molecule has 136 valence electrons. The third-order valence-corrected chi connectivity index (χ3v) is 6.85. The lowest BCUT2D eigenvalue weighted by Gasteiger charge is -2.20. The second-order valence-corrected chi connectivity index (χ2v) is 8.89. The van der Waals surface area contributed by atoms with Crippen LogP contribution in [0.4, 0.5) is 0 Å². The summed E-state index contributed by atoms with van der Waals surface area (Å²) >= 11 is 0. The van der Waals surface area contributed by atoms with Crippen LogP contribution < -0.4 is 0 Å². The van der Waals surface area contributed by atoms with Crippen molar-refractivity contribution in [2.75, 3.05) is 18.8 Å². The molecule has 4 nitrogen and oxygen atoms in total. The molecule has 5 heteroatoms. The maximum Gasteiger partial charge on any atom is 0.249 e. The maximum absolute atomic E-state index is 12.8. The minimum atomic E-state index is -3.28. The van der Waals surface area contributed by atoms with E-state index in [9.17, 15) is 13.2 Å². The van der Waals surface area contributed by atoms with Gasteiger partial charge in [0.1, 0.15) is 0 Å². The van der Waals surface area contributed by atoms with Crippen LogP contribution in [0.1, 0.15) is 29.7 Å². The first-order chi connectivity index (χ1) is 12.5. The van der Waals surface area contributed by atoms with Crippen LogP contribution in [0.15, 0.2) is 66.2 Å². The zero-order valence-electron chi connectivity index (χ0n) is 14.8. The van der Waals surface area contributed by atoms with E-state index in [1.54, 1.807) is 11.8 Å². The van der Waals surface area contributed by atoms with E-state index in [2.05, 4.69) is 0 Å². The molecule has 2 aromatic carbocycles. The highest BCUT2D eigenvalue weighted by Crippen LogP contribution is 2.29. The van der Waals surface area contributed by atoms with E-state index in [4.69, 9.17) is 0 Å². The van der Waals surface area contributed by atoms with E-state index in [1.807, 2.05) is 66.7 Å². The summed E-state index contributed by atoms with van der Waals surface area (Å²) in [5.74, 6) is -0.102. The first-order valence-corrected chi connectivity index (χ1v) is 10.5. The van der Waals surface area contributed by atoms with Crippen molar-refractivity contribution in [2.24, 2.45) is 0 Å². The van der Waals surface area contributed by atoms with E-state index in [0.29, 0.717) is 18.5 Å². The number of sulfone groups is 1. The normalized spacial score (nSPS) is 20.4. The van der Waals surface area contributed by atoms with E-state index >= 15 is 0 Å². The van der Waals surface area contributed by atoms with Gasteiger partial charge in [0.05, 0.1) is 11.0 Å². The number of benzene rings is 2. The summed E-state index contributed by atoms with van der Waals surface area (Å²) in [6, 6.07) is 18.9. The van der Waals surface area contributed by atoms with Crippen molar-refractivity contribution < 1.29 is 13.2 Å². The van der Waals surface area contributed by atoms with Crippen LogP contribution in [0.2, 0.25) is 0 Å². The monoisotopic (exact) mass is 369 g/mol. The van der Waals surface area contributed by atoms with Gasteiger partial charge in [-0.15, -0.1) is 0 Å². The van der Waals surface area contributed by atoms with Crippen molar-refractivity contribution in [3.63, 3.8) is 0 Å². The Morgan fingerprint density at radius 2 is 1.62 bits per heavy atom. The smallest absolute Gasteiger partial charge is 0.249 e. The molecule has 1 aliphatic rings. The number of hydrogen-bond donors (Lipinski definition) is 0. The molecule has 1 fully saturated rings. The predicted octanol–water partition coefficient (Wildman–Crippen LogP) is 3.48. The molecule has 0 spiro atoms. The number of amides is 1. The molecule has 0 aromatic heterocycles. The third-order valence-electron chi connectivity index (χ3n) is 4.72. The van der Waals surface area contributed by atoms with Crippen LogP contribution in [0.3, 0.4) is 0 Å². The van der Waals surface area contributed by atoms with Gasteiger partial charge in [0, 0.05) is 18.7 Å². The molecule has 0 N–H and O–H groups in total. The number of nitrogens with zero attached hydrogens (tertiary/aromatic N) is 1. The van der Waals surface area contributed by atoms with E-state index < -0.39 is 15.1 Å². The van der Waals surface area contributed by atoms with Crippen molar-refractivity contribution in [3.8, 4) is 0 Å². The van der Waals surface area contributed by atoms with Crippen LogP contribution in [0.5, 0.6) is 0 Å². The lowest BCUT2D eigenvalue weighted by molar-refractivity contribution is -0.126. The maximum atomic E-state index is 12.8. The van der Waals surface area contributed by atoms with E-state index in [0.717, 1.165) is 11.1 Å². The Balaban J connectivity index is 1.77. The van der Waals surface area contributed by atoms with Gasteiger partial charge in [-0.1, -0.05) is 60.7 Å². The molecule has 0 bridgehead atoms. The molecule has 1 aliphatic heterocycles. The average Bonchev–Trinajstić information content (AvgIpc) is 2.80. The fourth-order valence-electron chi connectivity index (χ4n) is 3.30. The van der Waals surface area contributed by atoms with Gasteiger partial charge >= 0.3 is 0 Å². The van der Waals surface area contributed by atoms with Crippen LogP contribution >= 0.6 is 0 Å². The fourth-order valence-corrected chi connectivity index (χ4v) is 5.10. The van der Waals surface area contributed by atoms with Crippen LogP contribution in [-0.4, -0.2) is 38.1 Å². The summed E-state index contributed by atoms with van der Waals surface area (Å²) in [4.78, 5) is 14.4. The lowest BCUT2D eigenvalue weighted by Crippen LogP contribution is -2.34. The SMILES string of the molecule is C/C(=C\c1ccccc1)C(=O)N1CCC(c2ccccc2)S(=O)(=O)CC1. The zero-order chi connectivity index (χ0) is 18.6. The Morgan fingerprint density at radius 1 is 1.00 bits per heavy atom. The number of hydrogen-bond acceptors (Lipinski definition) is 3. The zero-order valence-corrected chi connectivity index (χ0v) is 15.7. The summed E-state index contributed by atoms with van der Waals surface area (Å²) in [6.45, 7) is 2.46. The second-order valence-electron chi connectivity index (χ2n) is 6.59. The van der Waals surface area contributed by atoms with Crippen LogP contribution in [0.25, 0.3) is 6.08 Å². The molecular formula is C21H23NO3S. The van der Waals surface area contributed by atoms with E-state index in [-0.39, 0.29) is 18.2 Å². The highest BCUT2D eigenvalue weighted by atomic mass is 32.2. The average molecular weight is 369 g/mol. The molecule has 1 heterocycles. The number of carbonyl (C=O) groups is 1. The third kappa shape index (κ3) is 4.22. The fraction of sp³-hybridized carbons (Fsp3) is 0.286. The summed E-state index contributed by atoms with van der Waals surface area (Å²) in [5, 5.41) is -0.542. The summed E-state index contributed by atoms with van der Waals surface area (Å²) in [6.07, 6.45) is 2.27. The molecule has 0 aliphatic carbocycles. The predicted molar refractivity (Wildman–Crippen MR) is 104 cm³/mol. The minimum absolute atomic E-state index is 0.00306. The minimum Gasteiger partial charge on any atom is -0.338 e.